The average molecular weight is 373 g/mol. The molecule has 0 heteroatoms. The molecule has 5 rings (SSSR count). The molecular weight excluding hydrogens is 348 g/mol. The summed E-state index contributed by atoms with van der Waals surface area (Å²) in [6, 6.07) is 19.7. The lowest BCUT2D eigenvalue weighted by Gasteiger charge is -2.21. The molecule has 0 bridgehead atoms. The van der Waals surface area contributed by atoms with E-state index >= 15 is 0 Å². The molecule has 0 saturated carbocycles. The lowest BCUT2D eigenvalue weighted by Crippen LogP contribution is -1.98. The maximum absolute atomic E-state index is 2.34. The molecule has 3 aromatic carbocycles. The van der Waals surface area contributed by atoms with Gasteiger partial charge in [-0.25, -0.2) is 0 Å². The Balaban J connectivity index is 1.94. The van der Waals surface area contributed by atoms with E-state index in [1.165, 1.54) is 44.2 Å². The standard InChI is InChI=1S/C29H24/c1-21-17-19-26-27(20-18-21)29(23-13-7-4-8-14-23)25-16-10-9-15-24(25)28(26)22-11-5-2-3-6-12-22/h2-11,13-21H,12H2,1H3/t21-/m0/s1. The van der Waals surface area contributed by atoms with Gasteiger partial charge in [0.05, 0.1) is 0 Å². The second-order valence-electron chi connectivity index (χ2n) is 7.78. The molecule has 0 amide bonds. The Hall–Kier alpha value is -3.38. The summed E-state index contributed by atoms with van der Waals surface area (Å²) in [5.41, 5.74) is 7.99. The summed E-state index contributed by atoms with van der Waals surface area (Å²) in [7, 11) is 0. The van der Waals surface area contributed by atoms with Gasteiger partial charge >= 0.3 is 0 Å². The van der Waals surface area contributed by atoms with Crippen molar-refractivity contribution in [1.29, 1.82) is 0 Å². The second-order valence-corrected chi connectivity index (χ2v) is 7.78. The number of rotatable bonds is 2. The van der Waals surface area contributed by atoms with E-state index in [-0.39, 0.29) is 0 Å². The van der Waals surface area contributed by atoms with Crippen LogP contribution in [-0.2, 0) is 0 Å². The van der Waals surface area contributed by atoms with Gasteiger partial charge in [-0.1, -0.05) is 116 Å². The first-order valence-corrected chi connectivity index (χ1v) is 10.4. The van der Waals surface area contributed by atoms with Crippen LogP contribution in [0.1, 0.15) is 30.0 Å². The fraction of sp³-hybridized carbons (Fsp3) is 0.103. The molecule has 0 saturated heterocycles. The first-order chi connectivity index (χ1) is 14.3. The van der Waals surface area contributed by atoms with Gasteiger partial charge in [0, 0.05) is 0 Å². The van der Waals surface area contributed by atoms with Gasteiger partial charge in [0.2, 0.25) is 0 Å². The summed E-state index contributed by atoms with van der Waals surface area (Å²) in [5, 5.41) is 2.64. The number of benzene rings is 3. The summed E-state index contributed by atoms with van der Waals surface area (Å²) in [4.78, 5) is 0. The van der Waals surface area contributed by atoms with Gasteiger partial charge in [0.15, 0.2) is 0 Å². The van der Waals surface area contributed by atoms with Crippen LogP contribution >= 0.6 is 0 Å². The SMILES string of the molecule is C[C@H]1C=Cc2c(c(-c3ccccc3)c3ccccc3c2C2=CC=CC=CC2)C=C1. The van der Waals surface area contributed by atoms with Gasteiger partial charge in [-0.15, -0.1) is 0 Å². The maximum Gasteiger partial charge on any atom is -0.00265 e. The van der Waals surface area contributed by atoms with Crippen LogP contribution in [0.15, 0.2) is 97.1 Å². The molecule has 1 atom stereocenters. The molecule has 0 radical (unpaired) electrons. The Bertz CT molecular complexity index is 1210. The van der Waals surface area contributed by atoms with Crippen LogP contribution in [0.3, 0.4) is 0 Å². The van der Waals surface area contributed by atoms with Gasteiger partial charge in [0.1, 0.15) is 0 Å². The highest BCUT2D eigenvalue weighted by atomic mass is 14.2. The van der Waals surface area contributed by atoms with Crippen LogP contribution in [-0.4, -0.2) is 0 Å². The maximum atomic E-state index is 2.34. The Morgan fingerprint density at radius 1 is 0.690 bits per heavy atom. The van der Waals surface area contributed by atoms with Crippen LogP contribution in [0.25, 0.3) is 39.6 Å². The van der Waals surface area contributed by atoms with Crippen LogP contribution in [0.4, 0.5) is 0 Å². The summed E-state index contributed by atoms with van der Waals surface area (Å²) in [6.45, 7) is 2.25. The number of fused-ring (bicyclic) bond motifs is 2. The molecule has 140 valence electrons. The lowest BCUT2D eigenvalue weighted by atomic mass is 9.82. The third-order valence-electron chi connectivity index (χ3n) is 5.80. The van der Waals surface area contributed by atoms with Gasteiger partial charge < -0.3 is 0 Å². The smallest absolute Gasteiger partial charge is 0.00265 e. The van der Waals surface area contributed by atoms with E-state index in [9.17, 15) is 0 Å². The van der Waals surface area contributed by atoms with Crippen molar-refractivity contribution in [1.82, 2.24) is 0 Å². The Labute approximate surface area is 172 Å². The third-order valence-corrected chi connectivity index (χ3v) is 5.80. The molecule has 0 N–H and O–H groups in total. The van der Waals surface area contributed by atoms with E-state index in [0.29, 0.717) is 5.92 Å². The topological polar surface area (TPSA) is 0 Å². The number of hydrogen-bond donors (Lipinski definition) is 0. The molecule has 2 aliphatic carbocycles. The van der Waals surface area contributed by atoms with Crippen molar-refractivity contribution in [2.45, 2.75) is 13.3 Å². The molecule has 0 aromatic heterocycles. The molecular formula is C29H24. The number of hydrogen-bond acceptors (Lipinski definition) is 0. The van der Waals surface area contributed by atoms with Gasteiger partial charge in [-0.3, -0.25) is 0 Å². The first-order valence-electron chi connectivity index (χ1n) is 10.4. The van der Waals surface area contributed by atoms with Crippen molar-refractivity contribution >= 4 is 28.5 Å². The molecule has 0 spiro atoms. The molecule has 0 fully saturated rings. The highest BCUT2D eigenvalue weighted by Gasteiger charge is 2.20. The van der Waals surface area contributed by atoms with Crippen molar-refractivity contribution in [3.05, 3.63) is 114 Å². The molecule has 0 unspecified atom stereocenters. The fourth-order valence-electron chi connectivity index (χ4n) is 4.41. The Morgan fingerprint density at radius 3 is 2.10 bits per heavy atom. The van der Waals surface area contributed by atoms with E-state index in [1.54, 1.807) is 0 Å². The zero-order valence-corrected chi connectivity index (χ0v) is 16.7. The van der Waals surface area contributed by atoms with Crippen molar-refractivity contribution in [3.8, 4) is 11.1 Å². The minimum atomic E-state index is 0.421. The van der Waals surface area contributed by atoms with Crippen molar-refractivity contribution in [2.75, 3.05) is 0 Å². The second kappa shape index (κ2) is 7.56. The molecule has 0 aliphatic heterocycles. The van der Waals surface area contributed by atoms with Crippen LogP contribution in [0.2, 0.25) is 0 Å². The van der Waals surface area contributed by atoms with E-state index < -0.39 is 0 Å². The molecule has 29 heavy (non-hydrogen) atoms. The van der Waals surface area contributed by atoms with Crippen molar-refractivity contribution < 1.29 is 0 Å². The third kappa shape index (κ3) is 3.21. The summed E-state index contributed by atoms with van der Waals surface area (Å²) in [5.74, 6) is 0.421. The summed E-state index contributed by atoms with van der Waals surface area (Å²) >= 11 is 0. The van der Waals surface area contributed by atoms with E-state index in [1.807, 2.05) is 0 Å². The lowest BCUT2D eigenvalue weighted by molar-refractivity contribution is 0.954. The van der Waals surface area contributed by atoms with Gasteiger partial charge in [-0.05, 0) is 56.5 Å². The van der Waals surface area contributed by atoms with E-state index in [4.69, 9.17) is 0 Å². The molecule has 0 heterocycles. The molecule has 3 aromatic rings. The molecule has 0 nitrogen and oxygen atoms in total. The van der Waals surface area contributed by atoms with Crippen LogP contribution < -0.4 is 0 Å². The average Bonchev–Trinajstić information content (AvgIpc) is 3.14. The predicted octanol–water partition coefficient (Wildman–Crippen LogP) is 8.08. The first kappa shape index (κ1) is 17.7. The highest BCUT2D eigenvalue weighted by molar-refractivity contribution is 6.09. The number of allylic oxidation sites excluding steroid dienone is 8. The normalized spacial score (nSPS) is 17.7. The fourth-order valence-corrected chi connectivity index (χ4v) is 4.41. The minimum Gasteiger partial charge on any atom is -0.0801 e. The summed E-state index contributed by atoms with van der Waals surface area (Å²) in [6.07, 6.45) is 21.2. The minimum absolute atomic E-state index is 0.421. The zero-order valence-electron chi connectivity index (χ0n) is 16.7. The van der Waals surface area contributed by atoms with Gasteiger partial charge in [0.25, 0.3) is 0 Å². The quantitative estimate of drug-likeness (QED) is 0.426. The van der Waals surface area contributed by atoms with Crippen LogP contribution in [0.5, 0.6) is 0 Å². The Kier molecular flexibility index (Phi) is 4.62. The van der Waals surface area contributed by atoms with Crippen molar-refractivity contribution in [2.24, 2.45) is 5.92 Å². The predicted molar refractivity (Wildman–Crippen MR) is 127 cm³/mol. The monoisotopic (exact) mass is 372 g/mol. The van der Waals surface area contributed by atoms with Gasteiger partial charge in [-0.2, -0.15) is 0 Å². The zero-order chi connectivity index (χ0) is 19.6. The molecule has 2 aliphatic rings. The van der Waals surface area contributed by atoms with Crippen LogP contribution in [0, 0.1) is 5.92 Å². The largest absolute Gasteiger partial charge is 0.0801 e. The van der Waals surface area contributed by atoms with E-state index in [2.05, 4.69) is 116 Å². The Morgan fingerprint density at radius 2 is 1.34 bits per heavy atom. The van der Waals surface area contributed by atoms with E-state index in [0.717, 1.165) is 6.42 Å². The summed E-state index contributed by atoms with van der Waals surface area (Å²) < 4.78 is 0. The van der Waals surface area contributed by atoms with Crippen molar-refractivity contribution in [3.63, 3.8) is 0 Å². The highest BCUT2D eigenvalue weighted by Crippen LogP contribution is 2.43.